The lowest BCUT2D eigenvalue weighted by Gasteiger charge is -2.15. The van der Waals surface area contributed by atoms with Crippen molar-refractivity contribution < 1.29 is 56.2 Å². The number of rotatable bonds is 11. The number of azo groups is 1. The molecule has 5 aromatic rings. The largest absolute Gasteiger partial charge is 0.505 e. The van der Waals surface area contributed by atoms with E-state index in [2.05, 4.69) is 40.7 Å². The molecule has 248 valence electrons. The lowest BCUT2D eigenvalue weighted by Crippen LogP contribution is -2.07. The van der Waals surface area contributed by atoms with Gasteiger partial charge in [-0.2, -0.15) is 31.8 Å². The number of hydrogen-bond donors (Lipinski definition) is 8. The Morgan fingerprint density at radius 1 is 0.812 bits per heavy atom. The van der Waals surface area contributed by atoms with Gasteiger partial charge in [-0.05, 0) is 41.8 Å². The number of hydrogen-bond acceptors (Lipinski definition) is 16. The maximum absolute atomic E-state index is 12.4. The van der Waals surface area contributed by atoms with E-state index >= 15 is 0 Å². The third kappa shape index (κ3) is 7.25. The monoisotopic (exact) mass is 699 g/mol. The molecule has 0 unspecified atom stereocenters. The van der Waals surface area contributed by atoms with Gasteiger partial charge in [-0.3, -0.25) is 14.4 Å². The van der Waals surface area contributed by atoms with Crippen molar-refractivity contribution in [3.05, 3.63) is 77.9 Å². The first kappa shape index (κ1) is 33.5. The Labute approximate surface area is 269 Å². The van der Waals surface area contributed by atoms with Crippen LogP contribution in [0, 0.1) is 0 Å². The highest BCUT2D eigenvalue weighted by Crippen LogP contribution is 2.45. The quantitative estimate of drug-likeness (QED) is 0.0406. The van der Waals surface area contributed by atoms with Crippen LogP contribution in [-0.4, -0.2) is 67.4 Å². The molecule has 0 aliphatic rings. The standard InChI is InChI=1S/C27H21N7O12S2/c35-23-21-14(10-20(48(43,44)45)22(23)34-33-18-8-4-2-6-16(18)24(36)37)9-15(47(40,41)42)11-19(21)29-26-30-25(31-27(38)32-26)28-17-7-3-1-5-13(17)12-46-39/h1-11,35,39H,12H2,(H,36,37)(H,40,41,42)(H,43,44,45)(H3,28,29,30,31,32,38). The Hall–Kier alpha value is -5.84. The number of phenolic OH excluding ortho intramolecular Hbond substituents is 1. The van der Waals surface area contributed by atoms with E-state index in [0.717, 1.165) is 18.2 Å². The van der Waals surface area contributed by atoms with Gasteiger partial charge in [0.05, 0.1) is 16.1 Å². The van der Waals surface area contributed by atoms with E-state index in [-0.39, 0.29) is 34.6 Å². The SMILES string of the molecule is O=C(O)c1ccccc1N=Nc1c(S(=O)(=O)O)cc2cc(S(=O)(=O)O)cc(Nc3nc(O)nc(Nc4ccccc4COO)n3)c2c1O. The second kappa shape index (κ2) is 13.1. The molecule has 0 spiro atoms. The fourth-order valence-corrected chi connectivity index (χ4v) is 5.60. The third-order valence-electron chi connectivity index (χ3n) is 6.45. The molecule has 1 aromatic heterocycles. The van der Waals surface area contributed by atoms with Crippen LogP contribution >= 0.6 is 0 Å². The Kier molecular flexibility index (Phi) is 9.16. The molecular weight excluding hydrogens is 678 g/mol. The molecule has 0 radical (unpaired) electrons. The molecule has 4 aromatic carbocycles. The number of para-hydroxylation sites is 1. The van der Waals surface area contributed by atoms with Crippen molar-refractivity contribution in [2.24, 2.45) is 10.2 Å². The number of phenols is 1. The van der Waals surface area contributed by atoms with Crippen LogP contribution in [0.25, 0.3) is 10.8 Å². The number of carboxylic acid groups (broad SMARTS) is 1. The van der Waals surface area contributed by atoms with E-state index in [0.29, 0.717) is 11.3 Å². The molecule has 21 heteroatoms. The van der Waals surface area contributed by atoms with Gasteiger partial charge in [-0.25, -0.2) is 9.68 Å². The average Bonchev–Trinajstić information content (AvgIpc) is 3.00. The van der Waals surface area contributed by atoms with Crippen LogP contribution in [0.4, 0.5) is 34.6 Å². The second-order valence-electron chi connectivity index (χ2n) is 9.58. The number of benzene rings is 4. The van der Waals surface area contributed by atoms with Crippen LogP contribution in [0.3, 0.4) is 0 Å². The number of anilines is 4. The van der Waals surface area contributed by atoms with Gasteiger partial charge in [0.1, 0.15) is 22.9 Å². The zero-order chi connectivity index (χ0) is 34.8. The van der Waals surface area contributed by atoms with Crippen molar-refractivity contribution in [2.45, 2.75) is 16.4 Å². The molecular formula is C27H21N7O12S2. The molecule has 0 aliphatic carbocycles. The number of aromatic carboxylic acids is 1. The summed E-state index contributed by atoms with van der Waals surface area (Å²) in [6.45, 7) is -0.230. The minimum absolute atomic E-state index is 0.230. The first-order valence-corrected chi connectivity index (χ1v) is 15.9. The highest BCUT2D eigenvalue weighted by molar-refractivity contribution is 7.86. The fourth-order valence-electron chi connectivity index (χ4n) is 4.40. The number of nitrogens with zero attached hydrogens (tertiary/aromatic N) is 5. The van der Waals surface area contributed by atoms with E-state index in [1.807, 2.05) is 0 Å². The number of carbonyl (C=O) groups is 1. The Balaban J connectivity index is 1.70. The fraction of sp³-hybridized carbons (Fsp3) is 0.0370. The van der Waals surface area contributed by atoms with Crippen LogP contribution in [0.15, 0.2) is 86.7 Å². The predicted octanol–water partition coefficient (Wildman–Crippen LogP) is 4.52. The molecule has 0 saturated carbocycles. The molecule has 0 fully saturated rings. The normalized spacial score (nSPS) is 12.0. The van der Waals surface area contributed by atoms with Crippen LogP contribution in [0.1, 0.15) is 15.9 Å². The van der Waals surface area contributed by atoms with Gasteiger partial charge < -0.3 is 26.0 Å². The summed E-state index contributed by atoms with van der Waals surface area (Å²) in [7, 11) is -10.2. The van der Waals surface area contributed by atoms with Crippen molar-refractivity contribution >= 4 is 71.6 Å². The van der Waals surface area contributed by atoms with Crippen molar-refractivity contribution in [3.8, 4) is 11.8 Å². The maximum Gasteiger partial charge on any atom is 0.337 e. The minimum Gasteiger partial charge on any atom is -0.505 e. The minimum atomic E-state index is -5.21. The molecule has 48 heavy (non-hydrogen) atoms. The summed E-state index contributed by atoms with van der Waals surface area (Å²) in [5.74, 6) is -3.14. The Bertz CT molecular complexity index is 2340. The summed E-state index contributed by atoms with van der Waals surface area (Å²) in [4.78, 5) is 25.5. The molecule has 0 atom stereocenters. The summed E-state index contributed by atoms with van der Waals surface area (Å²) in [5, 5.41) is 52.0. The lowest BCUT2D eigenvalue weighted by molar-refractivity contribution is -0.252. The van der Waals surface area contributed by atoms with Crippen molar-refractivity contribution in [1.29, 1.82) is 0 Å². The molecule has 0 aliphatic heterocycles. The Morgan fingerprint density at radius 2 is 1.46 bits per heavy atom. The zero-order valence-electron chi connectivity index (χ0n) is 23.7. The summed E-state index contributed by atoms with van der Waals surface area (Å²) in [6, 6.07) is 13.2. The van der Waals surface area contributed by atoms with Gasteiger partial charge in [0.2, 0.25) is 11.9 Å². The van der Waals surface area contributed by atoms with E-state index in [1.54, 1.807) is 24.3 Å². The van der Waals surface area contributed by atoms with E-state index in [1.165, 1.54) is 24.3 Å². The summed E-state index contributed by atoms with van der Waals surface area (Å²) < 4.78 is 68.8. The van der Waals surface area contributed by atoms with Crippen molar-refractivity contribution in [3.63, 3.8) is 0 Å². The highest BCUT2D eigenvalue weighted by atomic mass is 32.2. The Morgan fingerprint density at radius 3 is 2.10 bits per heavy atom. The average molecular weight is 700 g/mol. The molecule has 1 heterocycles. The molecule has 19 nitrogen and oxygen atoms in total. The number of carboxylic acids is 1. The molecule has 0 bridgehead atoms. The third-order valence-corrected chi connectivity index (χ3v) is 8.14. The first-order valence-electron chi connectivity index (χ1n) is 13.0. The zero-order valence-corrected chi connectivity index (χ0v) is 25.4. The van der Waals surface area contributed by atoms with Crippen LogP contribution in [-0.2, 0) is 31.7 Å². The van der Waals surface area contributed by atoms with Gasteiger partial charge in [0.25, 0.3) is 20.2 Å². The topological polar surface area (TPSA) is 303 Å². The van der Waals surface area contributed by atoms with Crippen molar-refractivity contribution in [2.75, 3.05) is 10.6 Å². The highest BCUT2D eigenvalue weighted by Gasteiger charge is 2.26. The first-order chi connectivity index (χ1) is 22.7. The number of aromatic hydroxyl groups is 2. The predicted molar refractivity (Wildman–Crippen MR) is 165 cm³/mol. The number of nitrogens with one attached hydrogen (secondary N) is 2. The van der Waals surface area contributed by atoms with E-state index < -0.39 is 65.1 Å². The van der Waals surface area contributed by atoms with E-state index in [4.69, 9.17) is 5.26 Å². The smallest absolute Gasteiger partial charge is 0.337 e. The summed E-state index contributed by atoms with van der Waals surface area (Å²) >= 11 is 0. The molecule has 8 N–H and O–H groups in total. The van der Waals surface area contributed by atoms with Crippen LogP contribution in [0.5, 0.6) is 11.8 Å². The summed E-state index contributed by atoms with van der Waals surface area (Å²) in [5.41, 5.74) is -1.06. The van der Waals surface area contributed by atoms with Gasteiger partial charge in [-0.1, -0.05) is 30.3 Å². The lowest BCUT2D eigenvalue weighted by atomic mass is 10.1. The van der Waals surface area contributed by atoms with Crippen LogP contribution in [0.2, 0.25) is 0 Å². The number of aromatic nitrogens is 3. The molecule has 0 saturated heterocycles. The van der Waals surface area contributed by atoms with Crippen LogP contribution < -0.4 is 10.6 Å². The van der Waals surface area contributed by atoms with E-state index in [9.17, 15) is 46.1 Å². The second-order valence-corrected chi connectivity index (χ2v) is 12.4. The molecule has 0 amide bonds. The van der Waals surface area contributed by atoms with Gasteiger partial charge in [-0.15, -0.1) is 10.2 Å². The van der Waals surface area contributed by atoms with Gasteiger partial charge in [0, 0.05) is 16.6 Å². The molecule has 5 rings (SSSR count). The van der Waals surface area contributed by atoms with Gasteiger partial charge in [0.15, 0.2) is 5.75 Å². The van der Waals surface area contributed by atoms with Gasteiger partial charge >= 0.3 is 12.0 Å². The summed E-state index contributed by atoms with van der Waals surface area (Å²) in [6.07, 6.45) is 0. The van der Waals surface area contributed by atoms with Crippen molar-refractivity contribution in [1.82, 2.24) is 15.0 Å². The number of fused-ring (bicyclic) bond motifs is 1. The maximum atomic E-state index is 12.4.